The molecule has 48 heavy (non-hydrogen) atoms. The second-order valence-electron chi connectivity index (χ2n) is 12.0. The predicted octanol–water partition coefficient (Wildman–Crippen LogP) is 10.4. The third-order valence-electron chi connectivity index (χ3n) is 8.68. The van der Waals surface area contributed by atoms with Crippen LogP contribution in [-0.2, 0) is 0 Å². The Morgan fingerprint density at radius 3 is 1.81 bits per heavy atom. The average molecular weight is 620 g/mol. The SMILES string of the molecule is C1=CC(c2cc(-c3ccccc3)cc(-c3nc(-c4cccc(C5=NC=CCC5)c4)nc(-c4cccc(-c5ccccn5)c4)n3)c2)=CCC1. The van der Waals surface area contributed by atoms with Crippen LogP contribution in [0.3, 0.4) is 0 Å². The molecule has 0 saturated heterocycles. The zero-order valence-corrected chi connectivity index (χ0v) is 26.5. The predicted molar refractivity (Wildman–Crippen MR) is 196 cm³/mol. The lowest BCUT2D eigenvalue weighted by atomic mass is 9.93. The molecule has 3 heterocycles. The van der Waals surface area contributed by atoms with E-state index in [0.717, 1.165) is 81.6 Å². The number of benzene rings is 4. The molecule has 5 nitrogen and oxygen atoms in total. The minimum atomic E-state index is 0.611. The van der Waals surface area contributed by atoms with E-state index >= 15 is 0 Å². The fourth-order valence-corrected chi connectivity index (χ4v) is 6.22. The molecule has 1 aliphatic heterocycles. The van der Waals surface area contributed by atoms with Crippen molar-refractivity contribution < 1.29 is 0 Å². The van der Waals surface area contributed by atoms with Gasteiger partial charge in [-0.2, -0.15) is 0 Å². The summed E-state index contributed by atoms with van der Waals surface area (Å²) in [5.74, 6) is 1.86. The van der Waals surface area contributed by atoms with Crippen LogP contribution in [0.1, 0.15) is 36.8 Å². The van der Waals surface area contributed by atoms with Crippen LogP contribution >= 0.6 is 0 Å². The lowest BCUT2D eigenvalue weighted by Crippen LogP contribution is -2.04. The first-order valence-electron chi connectivity index (χ1n) is 16.5. The van der Waals surface area contributed by atoms with Gasteiger partial charge < -0.3 is 0 Å². The van der Waals surface area contributed by atoms with Crippen LogP contribution in [0, 0.1) is 0 Å². The molecular weight excluding hydrogens is 587 g/mol. The Balaban J connectivity index is 1.32. The van der Waals surface area contributed by atoms with Crippen molar-refractivity contribution in [1.82, 2.24) is 19.9 Å². The van der Waals surface area contributed by atoms with Gasteiger partial charge in [0.05, 0.1) is 5.69 Å². The minimum absolute atomic E-state index is 0.611. The number of aromatic nitrogens is 4. The van der Waals surface area contributed by atoms with E-state index in [1.54, 1.807) is 0 Å². The van der Waals surface area contributed by atoms with Crippen LogP contribution in [-0.4, -0.2) is 25.6 Å². The molecule has 8 rings (SSSR count). The van der Waals surface area contributed by atoms with Crippen LogP contribution in [0.15, 0.2) is 157 Å². The van der Waals surface area contributed by atoms with Gasteiger partial charge in [0.15, 0.2) is 17.5 Å². The molecule has 6 aromatic rings. The fraction of sp³-hybridized carbons (Fsp3) is 0.0930. The highest BCUT2D eigenvalue weighted by atomic mass is 15.0. The molecule has 0 N–H and O–H groups in total. The Labute approximate surface area is 280 Å². The van der Waals surface area contributed by atoms with Gasteiger partial charge in [0.1, 0.15) is 0 Å². The Hall–Kier alpha value is -6.07. The number of pyridine rings is 1. The Morgan fingerprint density at radius 1 is 0.458 bits per heavy atom. The zero-order chi connectivity index (χ0) is 32.1. The van der Waals surface area contributed by atoms with Gasteiger partial charge in [-0.3, -0.25) is 9.98 Å². The van der Waals surface area contributed by atoms with Crippen LogP contribution in [0.5, 0.6) is 0 Å². The molecule has 0 radical (unpaired) electrons. The summed E-state index contributed by atoms with van der Waals surface area (Å²) in [6.07, 6.45) is 16.6. The molecule has 4 aromatic carbocycles. The molecule has 0 spiro atoms. The minimum Gasteiger partial charge on any atom is -0.261 e. The Bertz CT molecular complexity index is 2230. The van der Waals surface area contributed by atoms with Crippen LogP contribution < -0.4 is 0 Å². The van der Waals surface area contributed by atoms with Crippen molar-refractivity contribution in [3.63, 3.8) is 0 Å². The van der Waals surface area contributed by atoms with Crippen molar-refractivity contribution in [3.05, 3.63) is 163 Å². The fourth-order valence-electron chi connectivity index (χ4n) is 6.22. The zero-order valence-electron chi connectivity index (χ0n) is 26.5. The van der Waals surface area contributed by atoms with Gasteiger partial charge in [0, 0.05) is 40.4 Å². The van der Waals surface area contributed by atoms with E-state index in [0.29, 0.717) is 17.5 Å². The van der Waals surface area contributed by atoms with Gasteiger partial charge in [-0.05, 0) is 96.0 Å². The van der Waals surface area contributed by atoms with E-state index in [1.807, 2.05) is 42.7 Å². The maximum Gasteiger partial charge on any atom is 0.164 e. The molecule has 0 saturated carbocycles. The summed E-state index contributed by atoms with van der Waals surface area (Å²) >= 11 is 0. The molecule has 0 unspecified atom stereocenters. The first kappa shape index (κ1) is 29.3. The lowest BCUT2D eigenvalue weighted by molar-refractivity contribution is 1.04. The molecule has 2 aromatic heterocycles. The molecule has 0 atom stereocenters. The van der Waals surface area contributed by atoms with E-state index < -0.39 is 0 Å². The molecule has 0 fully saturated rings. The van der Waals surface area contributed by atoms with Crippen molar-refractivity contribution in [2.75, 3.05) is 0 Å². The van der Waals surface area contributed by atoms with Crippen molar-refractivity contribution in [3.8, 4) is 56.5 Å². The normalized spacial score (nSPS) is 14.0. The first-order valence-corrected chi connectivity index (χ1v) is 16.5. The Kier molecular flexibility index (Phi) is 8.16. The number of hydrogen-bond acceptors (Lipinski definition) is 5. The second kappa shape index (κ2) is 13.3. The van der Waals surface area contributed by atoms with Gasteiger partial charge in [-0.1, -0.05) is 97.1 Å². The number of rotatable bonds is 7. The standard InChI is InChI=1S/C43H33N5/c1-3-13-30(14-4-1)36-27-37(31-15-5-2-6-16-31)29-38(28-36)43-47-41(34-19-11-17-32(25-34)39-21-7-9-23-44-39)46-42(48-43)35-20-12-18-33(26-35)40-22-8-10-24-45-40/h1,3-5,7,9-21,23-29H,2,6,8,22H2. The van der Waals surface area contributed by atoms with Gasteiger partial charge in [-0.25, -0.2) is 15.0 Å². The average Bonchev–Trinajstić information content (AvgIpc) is 3.19. The van der Waals surface area contributed by atoms with Gasteiger partial charge in [0.25, 0.3) is 0 Å². The third-order valence-corrected chi connectivity index (χ3v) is 8.68. The second-order valence-corrected chi connectivity index (χ2v) is 12.0. The molecule has 0 bridgehead atoms. The monoisotopic (exact) mass is 619 g/mol. The molecule has 0 amide bonds. The topological polar surface area (TPSA) is 63.9 Å². The summed E-state index contributed by atoms with van der Waals surface area (Å²) in [4.78, 5) is 24.7. The smallest absolute Gasteiger partial charge is 0.164 e. The number of allylic oxidation sites excluding steroid dienone is 5. The quantitative estimate of drug-likeness (QED) is 0.178. The molecule has 5 heteroatoms. The molecule has 1 aliphatic carbocycles. The van der Waals surface area contributed by atoms with E-state index in [-0.39, 0.29) is 0 Å². The van der Waals surface area contributed by atoms with Crippen LogP contribution in [0.25, 0.3) is 62.1 Å². The largest absolute Gasteiger partial charge is 0.261 e. The van der Waals surface area contributed by atoms with Crippen molar-refractivity contribution >= 4 is 11.3 Å². The van der Waals surface area contributed by atoms with Crippen LogP contribution in [0.2, 0.25) is 0 Å². The molecule has 230 valence electrons. The number of hydrogen-bond donors (Lipinski definition) is 0. The van der Waals surface area contributed by atoms with Crippen molar-refractivity contribution in [2.45, 2.75) is 25.7 Å². The summed E-state index contributed by atoms with van der Waals surface area (Å²) < 4.78 is 0. The van der Waals surface area contributed by atoms with Crippen molar-refractivity contribution in [2.24, 2.45) is 4.99 Å². The maximum absolute atomic E-state index is 5.16. The highest BCUT2D eigenvalue weighted by Crippen LogP contribution is 2.34. The van der Waals surface area contributed by atoms with E-state index in [2.05, 4.69) is 119 Å². The van der Waals surface area contributed by atoms with Gasteiger partial charge in [0.2, 0.25) is 0 Å². The van der Waals surface area contributed by atoms with Gasteiger partial charge >= 0.3 is 0 Å². The van der Waals surface area contributed by atoms with E-state index in [1.165, 1.54) is 5.57 Å². The van der Waals surface area contributed by atoms with Gasteiger partial charge in [-0.15, -0.1) is 0 Å². The van der Waals surface area contributed by atoms with Crippen LogP contribution in [0.4, 0.5) is 0 Å². The summed E-state index contributed by atoms with van der Waals surface area (Å²) in [5.41, 5.74) is 11.5. The third kappa shape index (κ3) is 6.31. The number of nitrogens with zero attached hydrogens (tertiary/aromatic N) is 5. The summed E-state index contributed by atoms with van der Waals surface area (Å²) in [6.45, 7) is 0. The van der Waals surface area contributed by atoms with E-state index in [4.69, 9.17) is 15.0 Å². The molecule has 2 aliphatic rings. The summed E-state index contributed by atoms with van der Waals surface area (Å²) in [6, 6.07) is 39.8. The van der Waals surface area contributed by atoms with E-state index in [9.17, 15) is 0 Å². The summed E-state index contributed by atoms with van der Waals surface area (Å²) in [7, 11) is 0. The number of aliphatic imine (C=N–C) groups is 1. The summed E-state index contributed by atoms with van der Waals surface area (Å²) in [5, 5.41) is 0. The highest BCUT2D eigenvalue weighted by Gasteiger charge is 2.17. The Morgan fingerprint density at radius 2 is 1.10 bits per heavy atom. The maximum atomic E-state index is 5.16. The van der Waals surface area contributed by atoms with Crippen molar-refractivity contribution in [1.29, 1.82) is 0 Å². The highest BCUT2D eigenvalue weighted by molar-refractivity contribution is 6.02. The first-order chi connectivity index (χ1) is 23.8. The molecular formula is C43H33N5. The lowest BCUT2D eigenvalue weighted by Gasteiger charge is -2.14.